The quantitative estimate of drug-likeness (QED) is 0.870. The first-order valence-electron chi connectivity index (χ1n) is 6.76. The minimum Gasteiger partial charge on any atom is -0.354 e. The maximum atomic E-state index is 12.9. The van der Waals surface area contributed by atoms with Gasteiger partial charge in [0.25, 0.3) is 0 Å². The molecule has 0 bridgehead atoms. The van der Waals surface area contributed by atoms with E-state index in [2.05, 4.69) is 15.3 Å². The van der Waals surface area contributed by atoms with E-state index in [4.69, 9.17) is 0 Å². The van der Waals surface area contributed by atoms with Crippen LogP contribution in [0.3, 0.4) is 0 Å². The molecule has 0 aromatic carbocycles. The second-order valence-corrected chi connectivity index (χ2v) is 4.74. The lowest BCUT2D eigenvalue weighted by molar-refractivity contribution is -0.141. The number of halogens is 3. The molecule has 1 N–H and O–H groups in total. The minimum atomic E-state index is -4.48. The Morgan fingerprint density at radius 3 is 2.35 bits per heavy atom. The normalized spacial score (nSPS) is 11.8. The van der Waals surface area contributed by atoms with Crippen LogP contribution in [-0.2, 0) is 6.18 Å². The number of nitrogens with zero attached hydrogens (tertiary/aromatic N) is 3. The van der Waals surface area contributed by atoms with E-state index >= 15 is 0 Å². The Hall–Kier alpha value is -1.53. The van der Waals surface area contributed by atoms with E-state index in [0.717, 1.165) is 12.5 Å². The van der Waals surface area contributed by atoms with Crippen LogP contribution in [-0.4, -0.2) is 29.1 Å². The van der Waals surface area contributed by atoms with E-state index in [0.29, 0.717) is 18.9 Å². The van der Waals surface area contributed by atoms with Crippen LogP contribution in [0.5, 0.6) is 0 Å². The molecular formula is C13H21F3N4. The van der Waals surface area contributed by atoms with Gasteiger partial charge in [-0.05, 0) is 27.2 Å². The van der Waals surface area contributed by atoms with Crippen molar-refractivity contribution in [2.75, 3.05) is 23.3 Å². The molecule has 0 aliphatic carbocycles. The van der Waals surface area contributed by atoms with Gasteiger partial charge in [-0.3, -0.25) is 0 Å². The Balaban J connectivity index is 3.22. The summed E-state index contributed by atoms with van der Waals surface area (Å²) in [6.07, 6.45) is -3.69. The van der Waals surface area contributed by atoms with Gasteiger partial charge in [0, 0.05) is 25.2 Å². The summed E-state index contributed by atoms with van der Waals surface area (Å²) in [5.74, 6) is 0.319. The van der Waals surface area contributed by atoms with Crippen molar-refractivity contribution in [1.82, 2.24) is 9.97 Å². The maximum absolute atomic E-state index is 12.9. The average molecular weight is 290 g/mol. The number of hydrogen-bond acceptors (Lipinski definition) is 4. The summed E-state index contributed by atoms with van der Waals surface area (Å²) in [5.41, 5.74) is -0.916. The Morgan fingerprint density at radius 1 is 1.25 bits per heavy atom. The molecule has 114 valence electrons. The molecule has 4 nitrogen and oxygen atoms in total. The van der Waals surface area contributed by atoms with Crippen LogP contribution >= 0.6 is 0 Å². The van der Waals surface area contributed by atoms with Gasteiger partial charge in [-0.2, -0.15) is 18.2 Å². The van der Waals surface area contributed by atoms with Crippen LogP contribution in [0.15, 0.2) is 6.07 Å². The van der Waals surface area contributed by atoms with Crippen molar-refractivity contribution in [2.24, 2.45) is 0 Å². The molecular weight excluding hydrogens is 269 g/mol. The molecule has 0 aliphatic heterocycles. The van der Waals surface area contributed by atoms with Crippen LogP contribution in [0.2, 0.25) is 0 Å². The highest BCUT2D eigenvalue weighted by Crippen LogP contribution is 2.30. The molecule has 7 heteroatoms. The van der Waals surface area contributed by atoms with Crippen LogP contribution in [0.25, 0.3) is 0 Å². The number of nitrogens with one attached hydrogen (secondary N) is 1. The summed E-state index contributed by atoms with van der Waals surface area (Å²) in [6, 6.07) is 1.07. The van der Waals surface area contributed by atoms with Gasteiger partial charge >= 0.3 is 6.18 Å². The van der Waals surface area contributed by atoms with Crippen molar-refractivity contribution in [3.63, 3.8) is 0 Å². The Kier molecular flexibility index (Phi) is 5.59. The first-order chi connectivity index (χ1) is 9.29. The highest BCUT2D eigenvalue weighted by atomic mass is 19.4. The zero-order valence-corrected chi connectivity index (χ0v) is 12.3. The molecule has 0 aliphatic rings. The number of rotatable bonds is 6. The molecule has 0 spiro atoms. The van der Waals surface area contributed by atoms with Gasteiger partial charge in [0.1, 0.15) is 5.82 Å². The molecule has 0 saturated carbocycles. The minimum absolute atomic E-state index is 0.0239. The molecule has 1 heterocycles. The first kappa shape index (κ1) is 16.5. The summed E-state index contributed by atoms with van der Waals surface area (Å²) >= 11 is 0. The summed E-state index contributed by atoms with van der Waals surface area (Å²) in [6.45, 7) is 8.76. The Morgan fingerprint density at radius 2 is 1.90 bits per heavy atom. The third-order valence-electron chi connectivity index (χ3n) is 2.79. The fourth-order valence-electron chi connectivity index (χ4n) is 1.83. The molecule has 0 radical (unpaired) electrons. The molecule has 0 atom stereocenters. The number of hydrogen-bond donors (Lipinski definition) is 1. The fourth-order valence-corrected chi connectivity index (χ4v) is 1.83. The average Bonchev–Trinajstić information content (AvgIpc) is 2.35. The molecule has 0 amide bonds. The predicted molar refractivity (Wildman–Crippen MR) is 74.0 cm³/mol. The van der Waals surface area contributed by atoms with Gasteiger partial charge in [-0.15, -0.1) is 0 Å². The Labute approximate surface area is 117 Å². The Bertz CT molecular complexity index is 432. The van der Waals surface area contributed by atoms with E-state index in [9.17, 15) is 13.2 Å². The highest BCUT2D eigenvalue weighted by molar-refractivity contribution is 5.46. The van der Waals surface area contributed by atoms with Crippen LogP contribution in [0, 0.1) is 0 Å². The van der Waals surface area contributed by atoms with E-state index in [1.807, 2.05) is 27.7 Å². The number of aromatic nitrogens is 2. The summed E-state index contributed by atoms with van der Waals surface area (Å²) in [4.78, 5) is 9.52. The smallest absolute Gasteiger partial charge is 0.354 e. The van der Waals surface area contributed by atoms with Crippen molar-refractivity contribution >= 4 is 11.8 Å². The summed E-state index contributed by atoms with van der Waals surface area (Å²) < 4.78 is 38.7. The van der Waals surface area contributed by atoms with Gasteiger partial charge < -0.3 is 10.2 Å². The highest BCUT2D eigenvalue weighted by Gasteiger charge is 2.34. The largest absolute Gasteiger partial charge is 0.433 e. The van der Waals surface area contributed by atoms with Crippen molar-refractivity contribution in [3.05, 3.63) is 11.8 Å². The molecule has 20 heavy (non-hydrogen) atoms. The van der Waals surface area contributed by atoms with Crippen LogP contribution in [0.4, 0.5) is 24.9 Å². The van der Waals surface area contributed by atoms with E-state index < -0.39 is 11.9 Å². The molecule has 0 fully saturated rings. The first-order valence-corrected chi connectivity index (χ1v) is 6.76. The topological polar surface area (TPSA) is 41.1 Å². The molecule has 0 unspecified atom stereocenters. The van der Waals surface area contributed by atoms with Crippen molar-refractivity contribution in [2.45, 2.75) is 46.3 Å². The molecule has 0 saturated heterocycles. The lowest BCUT2D eigenvalue weighted by Gasteiger charge is -2.27. The van der Waals surface area contributed by atoms with E-state index in [1.165, 1.54) is 0 Å². The molecule has 1 rings (SSSR count). The van der Waals surface area contributed by atoms with Crippen molar-refractivity contribution < 1.29 is 13.2 Å². The number of alkyl halides is 3. The van der Waals surface area contributed by atoms with Gasteiger partial charge in [-0.25, -0.2) is 4.98 Å². The molecule has 1 aromatic rings. The monoisotopic (exact) mass is 290 g/mol. The lowest BCUT2D eigenvalue weighted by Crippen LogP contribution is -2.32. The zero-order chi connectivity index (χ0) is 15.3. The van der Waals surface area contributed by atoms with Crippen LogP contribution in [0.1, 0.15) is 39.8 Å². The lowest BCUT2D eigenvalue weighted by atomic mass is 10.3. The summed E-state index contributed by atoms with van der Waals surface area (Å²) in [5, 5.41) is 2.82. The van der Waals surface area contributed by atoms with Gasteiger partial charge in [-0.1, -0.05) is 6.92 Å². The third-order valence-corrected chi connectivity index (χ3v) is 2.79. The van der Waals surface area contributed by atoms with E-state index in [-0.39, 0.29) is 12.0 Å². The van der Waals surface area contributed by atoms with Gasteiger partial charge in [0.05, 0.1) is 0 Å². The van der Waals surface area contributed by atoms with Crippen LogP contribution < -0.4 is 10.2 Å². The van der Waals surface area contributed by atoms with Crippen molar-refractivity contribution in [1.29, 1.82) is 0 Å². The predicted octanol–water partition coefficient (Wildman–Crippen LogP) is 3.55. The molecule has 1 aromatic heterocycles. The van der Waals surface area contributed by atoms with Crippen molar-refractivity contribution in [3.8, 4) is 0 Å². The second-order valence-electron chi connectivity index (χ2n) is 4.74. The SMILES string of the molecule is CCCNc1nc(N(CC)C(C)C)cc(C(F)(F)F)n1. The number of anilines is 2. The van der Waals surface area contributed by atoms with Gasteiger partial charge in [0.15, 0.2) is 5.69 Å². The third kappa shape index (κ3) is 4.25. The fraction of sp³-hybridized carbons (Fsp3) is 0.692. The maximum Gasteiger partial charge on any atom is 0.433 e. The van der Waals surface area contributed by atoms with Gasteiger partial charge in [0.2, 0.25) is 5.95 Å². The zero-order valence-electron chi connectivity index (χ0n) is 12.3. The summed E-state index contributed by atoms with van der Waals surface area (Å²) in [7, 11) is 0. The second kappa shape index (κ2) is 6.76. The van der Waals surface area contributed by atoms with E-state index in [1.54, 1.807) is 4.90 Å². The standard InChI is InChI=1S/C13H21F3N4/c1-5-7-17-12-18-10(13(14,15)16)8-11(19-12)20(6-2)9(3)4/h8-9H,5-7H2,1-4H3,(H,17,18,19).